The van der Waals surface area contributed by atoms with Crippen molar-refractivity contribution in [3.05, 3.63) is 65.7 Å². The fourth-order valence-corrected chi connectivity index (χ4v) is 2.15. The first-order valence-electron chi connectivity index (χ1n) is 7.03. The van der Waals surface area contributed by atoms with Crippen molar-refractivity contribution in [1.82, 2.24) is 5.32 Å². The number of terminal acetylenes is 1. The second-order valence-electron chi connectivity index (χ2n) is 4.80. The zero-order valence-corrected chi connectivity index (χ0v) is 12.1. The average Bonchev–Trinajstić information content (AvgIpc) is 2.55. The minimum Gasteiger partial charge on any atom is -0.396 e. The normalized spacial score (nSPS) is 11.3. The zero-order chi connectivity index (χ0) is 15.8. The molecule has 4 nitrogen and oxygen atoms in total. The molecule has 0 aliphatic heterocycles. The van der Waals surface area contributed by atoms with Crippen LogP contribution in [0.5, 0.6) is 0 Å². The number of amides is 2. The number of nitrogens with one attached hydrogen (secondary N) is 2. The molecule has 0 saturated heterocycles. The molecule has 2 amide bonds. The molecule has 0 bridgehead atoms. The molecular weight excluding hydrogens is 276 g/mol. The highest BCUT2D eigenvalue weighted by Gasteiger charge is 2.13. The third-order valence-electron chi connectivity index (χ3n) is 3.21. The summed E-state index contributed by atoms with van der Waals surface area (Å²) in [7, 11) is 0. The Morgan fingerprint density at radius 3 is 2.64 bits per heavy atom. The number of hydrogen-bond acceptors (Lipinski definition) is 2. The molecule has 0 unspecified atom stereocenters. The highest BCUT2D eigenvalue weighted by Crippen LogP contribution is 2.16. The minimum atomic E-state index is -0.337. The molecule has 0 fully saturated rings. The average molecular weight is 294 g/mol. The second-order valence-corrected chi connectivity index (χ2v) is 4.80. The molecule has 0 saturated carbocycles. The van der Waals surface area contributed by atoms with Crippen molar-refractivity contribution in [1.29, 1.82) is 0 Å². The second kappa shape index (κ2) is 7.87. The van der Waals surface area contributed by atoms with Crippen molar-refractivity contribution < 1.29 is 9.90 Å². The van der Waals surface area contributed by atoms with Gasteiger partial charge in [-0.25, -0.2) is 4.79 Å². The van der Waals surface area contributed by atoms with Crippen molar-refractivity contribution in [3.8, 4) is 12.3 Å². The van der Waals surface area contributed by atoms with Crippen LogP contribution in [0, 0.1) is 12.3 Å². The number of anilines is 1. The van der Waals surface area contributed by atoms with E-state index in [4.69, 9.17) is 6.42 Å². The number of benzene rings is 2. The van der Waals surface area contributed by atoms with E-state index in [9.17, 15) is 9.90 Å². The van der Waals surface area contributed by atoms with E-state index >= 15 is 0 Å². The van der Waals surface area contributed by atoms with Crippen LogP contribution >= 0.6 is 0 Å². The van der Waals surface area contributed by atoms with Crippen LogP contribution in [-0.2, 0) is 0 Å². The van der Waals surface area contributed by atoms with Crippen LogP contribution in [0.15, 0.2) is 54.6 Å². The number of hydrogen-bond donors (Lipinski definition) is 3. The van der Waals surface area contributed by atoms with Gasteiger partial charge in [0.05, 0.1) is 6.04 Å². The Hall–Kier alpha value is -2.77. The maximum Gasteiger partial charge on any atom is 0.319 e. The van der Waals surface area contributed by atoms with Crippen molar-refractivity contribution in [2.24, 2.45) is 0 Å². The number of rotatable bonds is 5. The maximum atomic E-state index is 12.1. The third kappa shape index (κ3) is 4.37. The first-order chi connectivity index (χ1) is 10.7. The number of aliphatic hydroxyl groups excluding tert-OH is 1. The monoisotopic (exact) mass is 294 g/mol. The van der Waals surface area contributed by atoms with Gasteiger partial charge in [-0.05, 0) is 30.2 Å². The molecule has 0 heterocycles. The van der Waals surface area contributed by atoms with Crippen molar-refractivity contribution in [2.45, 2.75) is 12.5 Å². The van der Waals surface area contributed by atoms with Crippen LogP contribution in [0.3, 0.4) is 0 Å². The summed E-state index contributed by atoms with van der Waals surface area (Å²) >= 11 is 0. The summed E-state index contributed by atoms with van der Waals surface area (Å²) in [5.74, 6) is 2.52. The summed E-state index contributed by atoms with van der Waals surface area (Å²) in [5.41, 5.74) is 2.28. The van der Waals surface area contributed by atoms with E-state index < -0.39 is 0 Å². The quantitative estimate of drug-likeness (QED) is 0.743. The Labute approximate surface area is 130 Å². The van der Waals surface area contributed by atoms with Gasteiger partial charge in [-0.15, -0.1) is 6.42 Å². The van der Waals surface area contributed by atoms with Gasteiger partial charge in [-0.3, -0.25) is 0 Å². The number of carbonyl (C=O) groups excluding carboxylic acids is 1. The molecule has 2 aromatic carbocycles. The minimum absolute atomic E-state index is 0.00752. The molecule has 0 aliphatic rings. The van der Waals surface area contributed by atoms with E-state index in [1.165, 1.54) is 0 Å². The largest absolute Gasteiger partial charge is 0.396 e. The first kappa shape index (κ1) is 15.6. The van der Waals surface area contributed by atoms with Gasteiger partial charge in [0.15, 0.2) is 0 Å². The van der Waals surface area contributed by atoms with Gasteiger partial charge in [-0.2, -0.15) is 0 Å². The molecule has 1 atom stereocenters. The summed E-state index contributed by atoms with van der Waals surface area (Å²) in [5, 5.41) is 14.8. The molecule has 112 valence electrons. The van der Waals surface area contributed by atoms with Crippen LogP contribution in [0.2, 0.25) is 0 Å². The summed E-state index contributed by atoms with van der Waals surface area (Å²) < 4.78 is 0. The fourth-order valence-electron chi connectivity index (χ4n) is 2.15. The van der Waals surface area contributed by atoms with E-state index in [0.717, 1.165) is 5.56 Å². The summed E-state index contributed by atoms with van der Waals surface area (Å²) in [6, 6.07) is 16.0. The molecule has 0 spiro atoms. The SMILES string of the molecule is C#Cc1cccc(NC(=O)N[C@H](CCO)c2ccccc2)c1. The first-order valence-corrected chi connectivity index (χ1v) is 7.03. The Bertz CT molecular complexity index is 662. The lowest BCUT2D eigenvalue weighted by Crippen LogP contribution is -2.33. The van der Waals surface area contributed by atoms with E-state index in [1.807, 2.05) is 30.3 Å². The Morgan fingerprint density at radius 1 is 1.18 bits per heavy atom. The molecule has 3 N–H and O–H groups in total. The molecular formula is C18H18N2O2. The highest BCUT2D eigenvalue weighted by atomic mass is 16.3. The fraction of sp³-hybridized carbons (Fsp3) is 0.167. The van der Waals surface area contributed by atoms with Gasteiger partial charge in [-0.1, -0.05) is 42.3 Å². The maximum absolute atomic E-state index is 12.1. The van der Waals surface area contributed by atoms with E-state index in [2.05, 4.69) is 16.6 Å². The van der Waals surface area contributed by atoms with Crippen molar-refractivity contribution in [2.75, 3.05) is 11.9 Å². The molecule has 22 heavy (non-hydrogen) atoms. The van der Waals surface area contributed by atoms with Gasteiger partial charge < -0.3 is 15.7 Å². The van der Waals surface area contributed by atoms with Crippen LogP contribution in [0.4, 0.5) is 10.5 Å². The lowest BCUT2D eigenvalue weighted by atomic mass is 10.0. The Morgan fingerprint density at radius 2 is 1.95 bits per heavy atom. The number of urea groups is 1. The van der Waals surface area contributed by atoms with Gasteiger partial charge in [0, 0.05) is 17.9 Å². The summed E-state index contributed by atoms with van der Waals surface area (Å²) in [6.45, 7) is -0.00752. The van der Waals surface area contributed by atoms with Crippen molar-refractivity contribution >= 4 is 11.7 Å². The Kier molecular flexibility index (Phi) is 5.58. The lowest BCUT2D eigenvalue weighted by molar-refractivity contribution is 0.239. The van der Waals surface area contributed by atoms with E-state index in [1.54, 1.807) is 24.3 Å². The molecule has 4 heteroatoms. The topological polar surface area (TPSA) is 61.4 Å². The standard InChI is InChI=1S/C18H18N2O2/c1-2-14-7-6-10-16(13-14)19-18(22)20-17(11-12-21)15-8-4-3-5-9-15/h1,3-10,13,17,21H,11-12H2,(H2,19,20,22)/t17-/m1/s1. The third-order valence-corrected chi connectivity index (χ3v) is 3.21. The van der Waals surface area contributed by atoms with E-state index in [-0.39, 0.29) is 18.7 Å². The highest BCUT2D eigenvalue weighted by molar-refractivity contribution is 5.89. The van der Waals surface area contributed by atoms with Gasteiger partial charge in [0.1, 0.15) is 0 Å². The molecule has 0 radical (unpaired) electrons. The zero-order valence-electron chi connectivity index (χ0n) is 12.1. The summed E-state index contributed by atoms with van der Waals surface area (Å²) in [4.78, 5) is 12.1. The smallest absolute Gasteiger partial charge is 0.319 e. The van der Waals surface area contributed by atoms with Gasteiger partial charge >= 0.3 is 6.03 Å². The van der Waals surface area contributed by atoms with Crippen molar-refractivity contribution in [3.63, 3.8) is 0 Å². The van der Waals surface area contributed by atoms with Crippen LogP contribution in [0.1, 0.15) is 23.6 Å². The molecule has 0 aromatic heterocycles. The van der Waals surface area contributed by atoms with Crippen LogP contribution in [0.25, 0.3) is 0 Å². The predicted molar refractivity (Wildman–Crippen MR) is 87.4 cm³/mol. The molecule has 2 rings (SSSR count). The van der Waals surface area contributed by atoms with E-state index in [0.29, 0.717) is 17.7 Å². The summed E-state index contributed by atoms with van der Waals surface area (Å²) in [6.07, 6.45) is 5.79. The predicted octanol–water partition coefficient (Wildman–Crippen LogP) is 2.91. The van der Waals surface area contributed by atoms with Gasteiger partial charge in [0.2, 0.25) is 0 Å². The van der Waals surface area contributed by atoms with Crippen LogP contribution in [-0.4, -0.2) is 17.7 Å². The lowest BCUT2D eigenvalue weighted by Gasteiger charge is -2.18. The number of carbonyl (C=O) groups is 1. The molecule has 0 aliphatic carbocycles. The Balaban J connectivity index is 2.04. The molecule has 2 aromatic rings. The van der Waals surface area contributed by atoms with Gasteiger partial charge in [0.25, 0.3) is 0 Å². The van der Waals surface area contributed by atoms with Crippen LogP contribution < -0.4 is 10.6 Å². The number of aliphatic hydroxyl groups is 1.